The van der Waals surface area contributed by atoms with Crippen LogP contribution in [0.5, 0.6) is 0 Å². The van der Waals surface area contributed by atoms with Crippen LogP contribution in [-0.2, 0) is 0 Å². The summed E-state index contributed by atoms with van der Waals surface area (Å²) in [5.41, 5.74) is 0.600. The first kappa shape index (κ1) is 9.28. The number of halogens is 1. The van der Waals surface area contributed by atoms with Gasteiger partial charge in [-0.1, -0.05) is 9.80 Å². The van der Waals surface area contributed by atoms with Crippen LogP contribution in [0.1, 0.15) is 10.7 Å². The highest BCUT2D eigenvalue weighted by Crippen LogP contribution is 2.56. The second-order valence-corrected chi connectivity index (χ2v) is 6.20. The predicted octanol–water partition coefficient (Wildman–Crippen LogP) is 3.02. The Morgan fingerprint density at radius 1 is 1.45 bits per heavy atom. The van der Waals surface area contributed by atoms with E-state index in [0.717, 1.165) is 5.01 Å². The van der Waals surface area contributed by atoms with Gasteiger partial charge in [0.15, 0.2) is 4.21 Å². The summed E-state index contributed by atoms with van der Waals surface area (Å²) in [6.45, 7) is 3.50. The van der Waals surface area contributed by atoms with Gasteiger partial charge in [-0.05, 0) is 13.8 Å². The fourth-order valence-electron chi connectivity index (χ4n) is 0.754. The Balaban J connectivity index is 3.13. The van der Waals surface area contributed by atoms with Crippen LogP contribution in [0, 0.1) is 13.8 Å². The third-order valence-electron chi connectivity index (χ3n) is 1.10. The van der Waals surface area contributed by atoms with E-state index in [-0.39, 0.29) is 0 Å². The van der Waals surface area contributed by atoms with Crippen molar-refractivity contribution in [3.8, 4) is 0 Å². The van der Waals surface area contributed by atoms with Gasteiger partial charge in [0.1, 0.15) is 0 Å². The molecule has 1 aromatic rings. The molecule has 0 aliphatic rings. The van der Waals surface area contributed by atoms with Gasteiger partial charge in [0.2, 0.25) is 0 Å². The highest BCUT2D eigenvalue weighted by atomic mass is 35.7. The summed E-state index contributed by atoms with van der Waals surface area (Å²) in [5.74, 6) is 0. The van der Waals surface area contributed by atoms with Gasteiger partial charge in [-0.25, -0.2) is 4.98 Å². The molecule has 0 spiro atoms. The molecule has 0 aromatic carbocycles. The minimum Gasteiger partial charge on any atom is -0.280 e. The lowest BCUT2D eigenvalue weighted by Gasteiger charge is -2.20. The fraction of sp³-hybridized carbons (Fsp3) is 0.400. The molecular formula is C5H8ClNO2S2. The van der Waals surface area contributed by atoms with Gasteiger partial charge in [-0.3, -0.25) is 9.11 Å². The third-order valence-corrected chi connectivity index (χ3v) is 4.42. The van der Waals surface area contributed by atoms with Crippen molar-refractivity contribution in [2.75, 3.05) is 0 Å². The maximum atomic E-state index is 9.06. The van der Waals surface area contributed by atoms with Crippen LogP contribution in [0.2, 0.25) is 0 Å². The summed E-state index contributed by atoms with van der Waals surface area (Å²) in [7, 11) is 2.26. The molecule has 1 rings (SSSR count). The minimum atomic E-state index is -3.08. The smallest absolute Gasteiger partial charge is 0.151 e. The van der Waals surface area contributed by atoms with E-state index in [2.05, 4.69) is 4.98 Å². The van der Waals surface area contributed by atoms with E-state index < -0.39 is 9.80 Å². The molecule has 0 amide bonds. The van der Waals surface area contributed by atoms with Crippen molar-refractivity contribution in [3.05, 3.63) is 10.7 Å². The van der Waals surface area contributed by atoms with Crippen LogP contribution in [0.25, 0.3) is 0 Å². The number of thiazole rings is 1. The first-order chi connectivity index (χ1) is 4.91. The lowest BCUT2D eigenvalue weighted by Crippen LogP contribution is -1.87. The molecule has 0 saturated carbocycles. The average molecular weight is 214 g/mol. The van der Waals surface area contributed by atoms with Crippen molar-refractivity contribution in [2.24, 2.45) is 0 Å². The van der Waals surface area contributed by atoms with Crippen LogP contribution in [0.3, 0.4) is 0 Å². The van der Waals surface area contributed by atoms with Gasteiger partial charge >= 0.3 is 0 Å². The SMILES string of the molecule is Cc1nc(C)c(S(O)(O)Cl)s1. The molecule has 11 heavy (non-hydrogen) atoms. The fourth-order valence-corrected chi connectivity index (χ4v) is 3.22. The van der Waals surface area contributed by atoms with Crippen molar-refractivity contribution in [1.82, 2.24) is 4.98 Å². The molecule has 0 atom stereocenters. The second-order valence-electron chi connectivity index (χ2n) is 2.09. The molecule has 0 unspecified atom stereocenters. The molecule has 0 bridgehead atoms. The zero-order valence-corrected chi connectivity index (χ0v) is 8.43. The Morgan fingerprint density at radius 2 is 2.00 bits per heavy atom. The Morgan fingerprint density at radius 3 is 2.18 bits per heavy atom. The van der Waals surface area contributed by atoms with Crippen molar-refractivity contribution >= 4 is 31.8 Å². The zero-order valence-electron chi connectivity index (χ0n) is 6.04. The molecule has 64 valence electrons. The van der Waals surface area contributed by atoms with Gasteiger partial charge < -0.3 is 0 Å². The molecule has 0 aliphatic carbocycles. The Labute approximate surface area is 74.9 Å². The standard InChI is InChI=1S/C5H8ClNO2S2/c1-3-5(11(6,8)9)10-4(2)7-3/h8-9H,1-2H3. The highest BCUT2D eigenvalue weighted by Gasteiger charge is 2.18. The second kappa shape index (κ2) is 2.91. The number of hydrogen-bond donors (Lipinski definition) is 2. The molecular weight excluding hydrogens is 206 g/mol. The molecule has 6 heteroatoms. The summed E-state index contributed by atoms with van der Waals surface area (Å²) in [6, 6.07) is 0. The van der Waals surface area contributed by atoms with Crippen molar-refractivity contribution in [1.29, 1.82) is 0 Å². The van der Waals surface area contributed by atoms with Gasteiger partial charge in [-0.15, -0.1) is 11.3 Å². The average Bonchev–Trinajstić information content (AvgIpc) is 2.08. The van der Waals surface area contributed by atoms with Crippen LogP contribution in [0.15, 0.2) is 4.21 Å². The highest BCUT2D eigenvalue weighted by molar-refractivity contribution is 8.43. The first-order valence-electron chi connectivity index (χ1n) is 2.83. The van der Waals surface area contributed by atoms with Gasteiger partial charge in [0, 0.05) is 10.7 Å². The molecule has 0 fully saturated rings. The molecule has 0 saturated heterocycles. The van der Waals surface area contributed by atoms with Crippen molar-refractivity contribution < 1.29 is 9.11 Å². The lowest BCUT2D eigenvalue weighted by molar-refractivity contribution is 0.509. The number of nitrogens with zero attached hydrogens (tertiary/aromatic N) is 1. The van der Waals surface area contributed by atoms with Gasteiger partial charge in [-0.2, -0.15) is 0 Å². The molecule has 1 heterocycles. The molecule has 1 aromatic heterocycles. The topological polar surface area (TPSA) is 53.4 Å². The van der Waals surface area contributed by atoms with E-state index in [0.29, 0.717) is 9.90 Å². The number of aryl methyl sites for hydroxylation is 2. The van der Waals surface area contributed by atoms with Crippen molar-refractivity contribution in [2.45, 2.75) is 18.1 Å². The summed E-state index contributed by atoms with van der Waals surface area (Å²) in [4.78, 5) is 4.01. The first-order valence-corrected chi connectivity index (χ1v) is 6.02. The maximum absolute atomic E-state index is 9.06. The van der Waals surface area contributed by atoms with E-state index in [1.807, 2.05) is 0 Å². The molecule has 0 aliphatic heterocycles. The summed E-state index contributed by atoms with van der Waals surface area (Å²) >= 11 is 1.22. The Bertz CT molecular complexity index is 268. The minimum absolute atomic E-state index is 0.372. The Kier molecular flexibility index (Phi) is 2.46. The van der Waals surface area contributed by atoms with E-state index in [1.165, 1.54) is 11.3 Å². The van der Waals surface area contributed by atoms with Crippen LogP contribution in [-0.4, -0.2) is 14.1 Å². The van der Waals surface area contributed by atoms with E-state index >= 15 is 0 Å². The molecule has 2 N–H and O–H groups in total. The number of hydrogen-bond acceptors (Lipinski definition) is 4. The maximum Gasteiger partial charge on any atom is 0.151 e. The van der Waals surface area contributed by atoms with Crippen LogP contribution < -0.4 is 0 Å². The normalized spacial score (nSPS) is 13.5. The Hall–Kier alpha value is 0.190. The number of rotatable bonds is 1. The van der Waals surface area contributed by atoms with E-state index in [4.69, 9.17) is 19.8 Å². The van der Waals surface area contributed by atoms with E-state index in [1.54, 1.807) is 13.8 Å². The van der Waals surface area contributed by atoms with Crippen LogP contribution >= 0.6 is 31.8 Å². The van der Waals surface area contributed by atoms with Gasteiger partial charge in [0.25, 0.3) is 0 Å². The zero-order chi connectivity index (χ0) is 8.65. The summed E-state index contributed by atoms with van der Waals surface area (Å²) in [5, 5.41) is 0.790. The predicted molar refractivity (Wildman–Crippen MR) is 48.6 cm³/mol. The molecule has 3 nitrogen and oxygen atoms in total. The third kappa shape index (κ3) is 2.07. The molecule has 0 radical (unpaired) electrons. The van der Waals surface area contributed by atoms with Gasteiger partial charge in [0.05, 0.1) is 10.7 Å². The lowest BCUT2D eigenvalue weighted by atomic mass is 10.6. The van der Waals surface area contributed by atoms with E-state index in [9.17, 15) is 0 Å². The quantitative estimate of drug-likeness (QED) is 0.754. The summed E-state index contributed by atoms with van der Waals surface area (Å²) < 4.78 is 18.5. The monoisotopic (exact) mass is 213 g/mol. The largest absolute Gasteiger partial charge is 0.280 e. The van der Waals surface area contributed by atoms with Crippen molar-refractivity contribution in [3.63, 3.8) is 0 Å². The summed E-state index contributed by atoms with van der Waals surface area (Å²) in [6.07, 6.45) is 0. The van der Waals surface area contributed by atoms with Crippen LogP contribution in [0.4, 0.5) is 0 Å². The number of aromatic nitrogens is 1.